The zero-order valence-corrected chi connectivity index (χ0v) is 13.0. The highest BCUT2D eigenvalue weighted by atomic mass is 16.5. The van der Waals surface area contributed by atoms with Gasteiger partial charge in [-0.25, -0.2) is 4.79 Å². The van der Waals surface area contributed by atoms with Crippen LogP contribution in [-0.4, -0.2) is 23.4 Å². The standard InChI is InChI=1S/C15H21N3O3/c1-5-6-9-21-13-10-11(7-8-12(13)20-4)14-17(2)15(19)16-18(14)3/h7-8,10H,5-6,9H2,1-4H3/p+1. The molecule has 0 saturated carbocycles. The smallest absolute Gasteiger partial charge is 0.443 e. The number of hydrogen-bond acceptors (Lipinski definition) is 3. The van der Waals surface area contributed by atoms with Gasteiger partial charge >= 0.3 is 11.5 Å². The molecule has 0 aliphatic carbocycles. The topological polar surface area (TPSA) is 60.1 Å². The molecule has 0 aliphatic rings. The molecule has 0 amide bonds. The van der Waals surface area contributed by atoms with Gasteiger partial charge in [0.1, 0.15) is 7.05 Å². The Morgan fingerprint density at radius 3 is 2.67 bits per heavy atom. The number of rotatable bonds is 6. The van der Waals surface area contributed by atoms with Gasteiger partial charge in [0.2, 0.25) is 0 Å². The summed E-state index contributed by atoms with van der Waals surface area (Å²) in [6, 6.07) is 5.67. The maximum absolute atomic E-state index is 11.7. The van der Waals surface area contributed by atoms with Crippen molar-refractivity contribution in [1.29, 1.82) is 0 Å². The fourth-order valence-electron chi connectivity index (χ4n) is 2.23. The lowest BCUT2D eigenvalue weighted by atomic mass is 10.2. The molecule has 0 bridgehead atoms. The maximum atomic E-state index is 11.7. The van der Waals surface area contributed by atoms with Crippen molar-refractivity contribution < 1.29 is 14.2 Å². The van der Waals surface area contributed by atoms with E-state index in [9.17, 15) is 4.79 Å². The minimum absolute atomic E-state index is 0.156. The van der Waals surface area contributed by atoms with Crippen molar-refractivity contribution >= 4 is 0 Å². The van der Waals surface area contributed by atoms with Crippen molar-refractivity contribution in [2.24, 2.45) is 14.1 Å². The Hall–Kier alpha value is -2.24. The summed E-state index contributed by atoms with van der Waals surface area (Å²) in [7, 11) is 5.16. The van der Waals surface area contributed by atoms with Gasteiger partial charge in [0.25, 0.3) is 0 Å². The van der Waals surface area contributed by atoms with Crippen LogP contribution in [-0.2, 0) is 14.1 Å². The highest BCUT2D eigenvalue weighted by Gasteiger charge is 2.20. The maximum Gasteiger partial charge on any atom is 0.443 e. The van der Waals surface area contributed by atoms with Crippen LogP contribution in [0.2, 0.25) is 0 Å². The molecule has 21 heavy (non-hydrogen) atoms. The van der Waals surface area contributed by atoms with Gasteiger partial charge in [0, 0.05) is 0 Å². The Bertz CT molecular complexity index is 673. The molecular formula is C15H22N3O3+. The lowest BCUT2D eigenvalue weighted by Crippen LogP contribution is -2.34. The zero-order chi connectivity index (χ0) is 15.4. The zero-order valence-electron chi connectivity index (χ0n) is 13.0. The van der Waals surface area contributed by atoms with Crippen LogP contribution in [0.5, 0.6) is 11.5 Å². The molecule has 2 aromatic rings. The van der Waals surface area contributed by atoms with E-state index in [1.54, 1.807) is 30.5 Å². The van der Waals surface area contributed by atoms with E-state index in [1.165, 1.54) is 0 Å². The van der Waals surface area contributed by atoms with Crippen LogP contribution in [0, 0.1) is 0 Å². The second kappa shape index (κ2) is 6.47. The van der Waals surface area contributed by atoms with Gasteiger partial charge in [-0.3, -0.25) is 0 Å². The Morgan fingerprint density at radius 1 is 1.33 bits per heavy atom. The average molecular weight is 292 g/mol. The van der Waals surface area contributed by atoms with E-state index >= 15 is 0 Å². The first-order chi connectivity index (χ1) is 10.1. The number of hydrogen-bond donors (Lipinski definition) is 1. The highest BCUT2D eigenvalue weighted by Crippen LogP contribution is 2.31. The van der Waals surface area contributed by atoms with Crippen molar-refractivity contribution in [2.45, 2.75) is 19.8 Å². The minimum atomic E-state index is -0.156. The van der Waals surface area contributed by atoms with Crippen molar-refractivity contribution in [1.82, 2.24) is 9.67 Å². The Morgan fingerprint density at radius 2 is 2.10 bits per heavy atom. The Balaban J connectivity index is 2.41. The van der Waals surface area contributed by atoms with E-state index in [0.717, 1.165) is 24.2 Å². The molecule has 0 radical (unpaired) electrons. The molecule has 2 rings (SSSR count). The predicted octanol–water partition coefficient (Wildman–Crippen LogP) is 1.39. The lowest BCUT2D eigenvalue weighted by Gasteiger charge is -2.11. The van der Waals surface area contributed by atoms with Crippen LogP contribution in [0.3, 0.4) is 0 Å². The van der Waals surface area contributed by atoms with Crippen LogP contribution in [0.15, 0.2) is 23.0 Å². The van der Waals surface area contributed by atoms with Crippen LogP contribution in [0.1, 0.15) is 19.8 Å². The molecule has 0 atom stereocenters. The monoisotopic (exact) mass is 292 g/mol. The predicted molar refractivity (Wildman–Crippen MR) is 79.6 cm³/mol. The number of aryl methyl sites for hydroxylation is 1. The molecule has 1 aromatic heterocycles. The summed E-state index contributed by atoms with van der Waals surface area (Å²) in [5.41, 5.74) is 0.738. The molecular weight excluding hydrogens is 270 g/mol. The number of aromatic nitrogens is 3. The van der Waals surface area contributed by atoms with Crippen molar-refractivity contribution in [2.75, 3.05) is 13.7 Å². The fourth-order valence-corrected chi connectivity index (χ4v) is 2.23. The van der Waals surface area contributed by atoms with Gasteiger partial charge in [-0.15, -0.1) is 0 Å². The summed E-state index contributed by atoms with van der Waals surface area (Å²) in [6.07, 6.45) is 2.06. The van der Waals surface area contributed by atoms with Gasteiger partial charge < -0.3 is 9.47 Å². The highest BCUT2D eigenvalue weighted by molar-refractivity contribution is 5.59. The summed E-state index contributed by atoms with van der Waals surface area (Å²) < 4.78 is 14.4. The van der Waals surface area contributed by atoms with Gasteiger partial charge in [-0.05, 0) is 24.6 Å². The van der Waals surface area contributed by atoms with Gasteiger partial charge in [-0.1, -0.05) is 13.3 Å². The van der Waals surface area contributed by atoms with E-state index in [2.05, 4.69) is 12.0 Å². The van der Waals surface area contributed by atoms with E-state index in [1.807, 2.05) is 18.2 Å². The molecule has 0 spiro atoms. The van der Waals surface area contributed by atoms with E-state index < -0.39 is 0 Å². The number of ether oxygens (including phenoxy) is 2. The minimum Gasteiger partial charge on any atom is -0.493 e. The molecule has 1 heterocycles. The summed E-state index contributed by atoms with van der Waals surface area (Å²) >= 11 is 0. The summed E-state index contributed by atoms with van der Waals surface area (Å²) in [5, 5.41) is 2.73. The summed E-state index contributed by atoms with van der Waals surface area (Å²) in [5.74, 6) is 2.16. The largest absolute Gasteiger partial charge is 0.493 e. The van der Waals surface area contributed by atoms with Gasteiger partial charge in [-0.2, -0.15) is 14.3 Å². The lowest BCUT2D eigenvalue weighted by molar-refractivity contribution is -0.718. The third kappa shape index (κ3) is 3.09. The third-order valence-electron chi connectivity index (χ3n) is 3.38. The van der Waals surface area contributed by atoms with E-state index in [4.69, 9.17) is 9.47 Å². The Kier molecular flexibility index (Phi) is 4.67. The van der Waals surface area contributed by atoms with Crippen LogP contribution in [0.25, 0.3) is 11.4 Å². The Labute approximate surface area is 123 Å². The summed E-state index contributed by atoms with van der Waals surface area (Å²) in [4.78, 5) is 11.7. The quantitative estimate of drug-likeness (QED) is 0.646. The molecule has 0 aliphatic heterocycles. The van der Waals surface area contributed by atoms with E-state index in [-0.39, 0.29) is 5.69 Å². The van der Waals surface area contributed by atoms with Gasteiger partial charge in [0.15, 0.2) is 11.5 Å². The number of benzene rings is 1. The third-order valence-corrected chi connectivity index (χ3v) is 3.38. The number of nitrogens with one attached hydrogen (secondary N) is 1. The van der Waals surface area contributed by atoms with Crippen molar-refractivity contribution in [3.05, 3.63) is 28.7 Å². The molecule has 1 aromatic carbocycles. The number of methoxy groups -OCH3 is 1. The second-order valence-corrected chi connectivity index (χ2v) is 4.93. The summed E-state index contributed by atoms with van der Waals surface area (Å²) in [6.45, 7) is 2.76. The first-order valence-electron chi connectivity index (χ1n) is 7.04. The SMILES string of the molecule is CCCCOc1cc(-c2n(C)c(=O)[nH][n+]2C)ccc1OC. The fraction of sp³-hybridized carbons (Fsp3) is 0.467. The molecule has 6 heteroatoms. The average Bonchev–Trinajstić information content (AvgIpc) is 2.72. The molecule has 0 unspecified atom stereocenters. The number of nitrogens with zero attached hydrogens (tertiary/aromatic N) is 2. The first kappa shape index (κ1) is 15.2. The molecule has 0 fully saturated rings. The van der Waals surface area contributed by atoms with Crippen LogP contribution in [0.4, 0.5) is 0 Å². The number of unbranched alkanes of at least 4 members (excludes halogenated alkanes) is 1. The van der Waals surface area contributed by atoms with Crippen LogP contribution < -0.4 is 19.8 Å². The van der Waals surface area contributed by atoms with Crippen molar-refractivity contribution in [3.8, 4) is 22.9 Å². The van der Waals surface area contributed by atoms with Crippen molar-refractivity contribution in [3.63, 3.8) is 0 Å². The molecule has 114 valence electrons. The van der Waals surface area contributed by atoms with Gasteiger partial charge in [0.05, 0.1) is 26.3 Å². The molecule has 0 saturated heterocycles. The first-order valence-corrected chi connectivity index (χ1v) is 7.04. The van der Waals surface area contributed by atoms with Crippen LogP contribution >= 0.6 is 0 Å². The number of H-pyrrole nitrogens is 1. The second-order valence-electron chi connectivity index (χ2n) is 4.93. The molecule has 6 nitrogen and oxygen atoms in total. The normalized spacial score (nSPS) is 10.7. The molecule has 1 N–H and O–H groups in total. The number of aromatic amines is 1. The van der Waals surface area contributed by atoms with E-state index in [0.29, 0.717) is 18.1 Å².